The molecule has 0 aliphatic heterocycles. The summed E-state index contributed by atoms with van der Waals surface area (Å²) in [6.45, 7) is 1.03. The fourth-order valence-electron chi connectivity index (χ4n) is 2.82. The van der Waals surface area contributed by atoms with E-state index in [1.54, 1.807) is 43.5 Å². The predicted octanol–water partition coefficient (Wildman–Crippen LogP) is 3.22. The number of nitrogens with zero attached hydrogens (tertiary/aromatic N) is 3. The lowest BCUT2D eigenvalue weighted by molar-refractivity contribution is -0.384. The zero-order valence-corrected chi connectivity index (χ0v) is 16.9. The third-order valence-corrected chi connectivity index (χ3v) is 4.37. The first-order valence-electron chi connectivity index (χ1n) is 9.22. The largest absolute Gasteiger partial charge is 0.497 e. The maximum absolute atomic E-state index is 12.8. The van der Waals surface area contributed by atoms with E-state index in [1.165, 1.54) is 12.1 Å². The number of likely N-dealkylation sites (N-methyl/N-ethyl adjacent to an activating group) is 1. The molecule has 0 saturated heterocycles. The van der Waals surface area contributed by atoms with Crippen LogP contribution in [-0.4, -0.2) is 55.0 Å². The molecule has 9 nitrogen and oxygen atoms in total. The van der Waals surface area contributed by atoms with Gasteiger partial charge in [-0.2, -0.15) is 0 Å². The van der Waals surface area contributed by atoms with Gasteiger partial charge >= 0.3 is 0 Å². The summed E-state index contributed by atoms with van der Waals surface area (Å²) >= 11 is 0. The lowest BCUT2D eigenvalue weighted by Crippen LogP contribution is -2.31. The van der Waals surface area contributed by atoms with Crippen LogP contribution >= 0.6 is 0 Å². The van der Waals surface area contributed by atoms with Crippen LogP contribution in [0.15, 0.2) is 52.9 Å². The first-order chi connectivity index (χ1) is 14.4. The van der Waals surface area contributed by atoms with Gasteiger partial charge in [0.2, 0.25) is 5.89 Å². The quantitative estimate of drug-likeness (QED) is 0.448. The van der Waals surface area contributed by atoms with Gasteiger partial charge in [0.25, 0.3) is 11.6 Å². The number of nitro benzene ring substituents is 1. The van der Waals surface area contributed by atoms with E-state index in [0.717, 1.165) is 0 Å². The average molecular weight is 410 g/mol. The number of nitro groups is 1. The summed E-state index contributed by atoms with van der Waals surface area (Å²) in [7, 11) is 5.34. The summed E-state index contributed by atoms with van der Waals surface area (Å²) in [6, 6.07) is 13.0. The Morgan fingerprint density at radius 2 is 1.90 bits per heavy atom. The van der Waals surface area contributed by atoms with Crippen LogP contribution in [0.25, 0.3) is 22.8 Å². The molecule has 0 aliphatic carbocycles. The smallest absolute Gasteiger partial charge is 0.280 e. The van der Waals surface area contributed by atoms with E-state index >= 15 is 0 Å². The monoisotopic (exact) mass is 410 g/mol. The molecule has 1 aromatic heterocycles. The van der Waals surface area contributed by atoms with Crippen LogP contribution in [0.5, 0.6) is 5.75 Å². The number of ether oxygens (including phenoxy) is 1. The molecule has 30 heavy (non-hydrogen) atoms. The number of hydrogen-bond acceptors (Lipinski definition) is 7. The van der Waals surface area contributed by atoms with Crippen molar-refractivity contribution in [3.63, 3.8) is 0 Å². The molecule has 3 rings (SSSR count). The van der Waals surface area contributed by atoms with Crippen molar-refractivity contribution in [2.75, 3.05) is 34.3 Å². The number of methoxy groups -OCH3 is 1. The number of oxazole rings is 1. The Morgan fingerprint density at radius 1 is 1.20 bits per heavy atom. The highest BCUT2D eigenvalue weighted by molar-refractivity contribution is 5.99. The number of hydrogen-bond donors (Lipinski definition) is 1. The number of carbonyl (C=O) groups is 1. The van der Waals surface area contributed by atoms with Gasteiger partial charge in [-0.15, -0.1) is 0 Å². The second-order valence-corrected chi connectivity index (χ2v) is 6.76. The second-order valence-electron chi connectivity index (χ2n) is 6.76. The Bertz CT molecular complexity index is 1040. The van der Waals surface area contributed by atoms with Crippen molar-refractivity contribution in [3.8, 4) is 28.5 Å². The number of para-hydroxylation sites is 1. The zero-order valence-electron chi connectivity index (χ0n) is 16.9. The topological polar surface area (TPSA) is 111 Å². The van der Waals surface area contributed by atoms with E-state index in [0.29, 0.717) is 24.4 Å². The SMILES string of the molecule is COc1ccc(-c2nc(C(=O)NCCN(C)C)c(-c3ccccc3[N+](=O)[O-])o2)cc1. The molecule has 156 valence electrons. The van der Waals surface area contributed by atoms with Crippen LogP contribution in [0.3, 0.4) is 0 Å². The van der Waals surface area contributed by atoms with E-state index < -0.39 is 10.8 Å². The molecule has 1 N–H and O–H groups in total. The third-order valence-electron chi connectivity index (χ3n) is 4.37. The van der Waals surface area contributed by atoms with E-state index in [-0.39, 0.29) is 28.6 Å². The standard InChI is InChI=1S/C21H22N4O5/c1-24(2)13-12-22-20(26)18-19(16-6-4-5-7-17(16)25(27)28)30-21(23-18)14-8-10-15(29-3)11-9-14/h4-11H,12-13H2,1-3H3,(H,22,26). The van der Waals surface area contributed by atoms with Gasteiger partial charge in [-0.1, -0.05) is 12.1 Å². The van der Waals surface area contributed by atoms with Crippen molar-refractivity contribution in [1.82, 2.24) is 15.2 Å². The van der Waals surface area contributed by atoms with Crippen LogP contribution < -0.4 is 10.1 Å². The fourth-order valence-corrected chi connectivity index (χ4v) is 2.82. The molecule has 0 saturated carbocycles. The number of carbonyl (C=O) groups excluding carboxylic acids is 1. The van der Waals surface area contributed by atoms with Crippen LogP contribution in [0.1, 0.15) is 10.5 Å². The average Bonchev–Trinajstić information content (AvgIpc) is 3.19. The minimum Gasteiger partial charge on any atom is -0.497 e. The summed E-state index contributed by atoms with van der Waals surface area (Å²) in [6.07, 6.45) is 0. The zero-order chi connectivity index (χ0) is 21.7. The van der Waals surface area contributed by atoms with Crippen molar-refractivity contribution < 1.29 is 18.9 Å². The first-order valence-corrected chi connectivity index (χ1v) is 9.22. The number of amides is 1. The number of rotatable bonds is 8. The number of nitrogens with one attached hydrogen (secondary N) is 1. The molecule has 0 radical (unpaired) electrons. The summed E-state index contributed by atoms with van der Waals surface area (Å²) < 4.78 is 11.0. The van der Waals surface area contributed by atoms with Crippen molar-refractivity contribution in [3.05, 3.63) is 64.3 Å². The van der Waals surface area contributed by atoms with Gasteiger partial charge in [-0.3, -0.25) is 14.9 Å². The highest BCUT2D eigenvalue weighted by Crippen LogP contribution is 2.35. The molecule has 9 heteroatoms. The Hall–Kier alpha value is -3.72. The molecule has 0 bridgehead atoms. The van der Waals surface area contributed by atoms with E-state index in [4.69, 9.17) is 9.15 Å². The van der Waals surface area contributed by atoms with Gasteiger partial charge in [0.1, 0.15) is 5.75 Å². The van der Waals surface area contributed by atoms with Crippen LogP contribution in [0.2, 0.25) is 0 Å². The van der Waals surface area contributed by atoms with Crippen LogP contribution in [-0.2, 0) is 0 Å². The molecule has 0 fully saturated rings. The Kier molecular flexibility index (Phi) is 6.43. The number of benzene rings is 2. The molecule has 0 aliphatic rings. The summed E-state index contributed by atoms with van der Waals surface area (Å²) in [5.74, 6) is 0.429. The summed E-state index contributed by atoms with van der Waals surface area (Å²) in [5, 5.41) is 14.3. The number of aromatic nitrogens is 1. The highest BCUT2D eigenvalue weighted by atomic mass is 16.6. The minimum atomic E-state index is -0.515. The molecule has 1 heterocycles. The molecular weight excluding hydrogens is 388 g/mol. The highest BCUT2D eigenvalue weighted by Gasteiger charge is 2.27. The minimum absolute atomic E-state index is 0.00567. The van der Waals surface area contributed by atoms with Crippen molar-refractivity contribution >= 4 is 11.6 Å². The molecule has 1 amide bonds. The Morgan fingerprint density at radius 3 is 2.53 bits per heavy atom. The lowest BCUT2D eigenvalue weighted by atomic mass is 10.1. The first kappa shape index (κ1) is 21.0. The lowest BCUT2D eigenvalue weighted by Gasteiger charge is -2.09. The second kappa shape index (κ2) is 9.19. The third kappa shape index (κ3) is 4.64. The van der Waals surface area contributed by atoms with Gasteiger partial charge in [0, 0.05) is 24.7 Å². The maximum atomic E-state index is 12.8. The van der Waals surface area contributed by atoms with Gasteiger partial charge in [-0.25, -0.2) is 4.98 Å². The van der Waals surface area contributed by atoms with Gasteiger partial charge in [0.15, 0.2) is 11.5 Å². The fraction of sp³-hybridized carbons (Fsp3) is 0.238. The molecule has 3 aromatic rings. The van der Waals surface area contributed by atoms with Gasteiger partial charge in [0.05, 0.1) is 17.6 Å². The van der Waals surface area contributed by atoms with Crippen molar-refractivity contribution in [1.29, 1.82) is 0 Å². The van der Waals surface area contributed by atoms with Gasteiger partial charge < -0.3 is 19.4 Å². The molecule has 0 atom stereocenters. The summed E-state index contributed by atoms with van der Waals surface area (Å²) in [4.78, 5) is 30.1. The maximum Gasteiger partial charge on any atom is 0.280 e. The normalized spacial score (nSPS) is 10.8. The molecule has 0 unspecified atom stereocenters. The molecule has 0 spiro atoms. The van der Waals surface area contributed by atoms with E-state index in [2.05, 4.69) is 10.3 Å². The predicted molar refractivity (Wildman–Crippen MR) is 111 cm³/mol. The summed E-state index contributed by atoms with van der Waals surface area (Å²) in [5.41, 5.74) is 0.627. The van der Waals surface area contributed by atoms with Crippen LogP contribution in [0.4, 0.5) is 5.69 Å². The van der Waals surface area contributed by atoms with Gasteiger partial charge in [-0.05, 0) is 44.4 Å². The van der Waals surface area contributed by atoms with E-state index in [9.17, 15) is 14.9 Å². The van der Waals surface area contributed by atoms with Crippen molar-refractivity contribution in [2.24, 2.45) is 0 Å². The Labute approximate surface area is 173 Å². The molecule has 2 aromatic carbocycles. The Balaban J connectivity index is 2.06. The van der Waals surface area contributed by atoms with Crippen molar-refractivity contribution in [2.45, 2.75) is 0 Å². The van der Waals surface area contributed by atoms with Crippen LogP contribution in [0, 0.1) is 10.1 Å². The van der Waals surface area contributed by atoms with E-state index in [1.807, 2.05) is 19.0 Å². The molecular formula is C21H22N4O5.